The second-order valence-corrected chi connectivity index (χ2v) is 4.25. The van der Waals surface area contributed by atoms with Gasteiger partial charge in [0.15, 0.2) is 0 Å². The number of nitrogens with zero attached hydrogens (tertiary/aromatic N) is 1. The van der Waals surface area contributed by atoms with Crippen molar-refractivity contribution in [2.75, 3.05) is 14.1 Å². The number of amides is 3. The topological polar surface area (TPSA) is 98.7 Å². The smallest absolute Gasteiger partial charge is 0.335 e. The van der Waals surface area contributed by atoms with E-state index in [2.05, 4.69) is 5.43 Å². The highest BCUT2D eigenvalue weighted by Crippen LogP contribution is 2.19. The van der Waals surface area contributed by atoms with Gasteiger partial charge in [-0.05, 0) is 13.8 Å². The summed E-state index contributed by atoms with van der Waals surface area (Å²) in [6.07, 6.45) is -0.261. The van der Waals surface area contributed by atoms with Crippen molar-refractivity contribution < 1.29 is 19.5 Å². The highest BCUT2D eigenvalue weighted by atomic mass is 16.4. The van der Waals surface area contributed by atoms with Crippen LogP contribution in [0.3, 0.4) is 0 Å². The lowest BCUT2D eigenvalue weighted by atomic mass is 9.89. The van der Waals surface area contributed by atoms with Crippen molar-refractivity contribution in [3.63, 3.8) is 0 Å². The molecule has 0 aliphatic heterocycles. The number of rotatable bonds is 4. The summed E-state index contributed by atoms with van der Waals surface area (Å²) in [6.45, 7) is 2.83. The fraction of sp³-hybridized carbons (Fsp3) is 0.667. The number of carbonyl (C=O) groups excluding carboxylic acids is 2. The summed E-state index contributed by atoms with van der Waals surface area (Å²) in [5.41, 5.74) is 1.11. The van der Waals surface area contributed by atoms with Gasteiger partial charge < -0.3 is 5.11 Å². The third-order valence-electron chi connectivity index (χ3n) is 1.76. The molecule has 7 heteroatoms. The Hall–Kier alpha value is -1.63. The molecule has 92 valence electrons. The van der Waals surface area contributed by atoms with E-state index in [1.165, 1.54) is 18.9 Å². The first-order chi connectivity index (χ1) is 7.15. The van der Waals surface area contributed by atoms with E-state index >= 15 is 0 Å². The van der Waals surface area contributed by atoms with Gasteiger partial charge >= 0.3 is 12.0 Å². The number of carbonyl (C=O) groups is 3. The second kappa shape index (κ2) is 5.45. The van der Waals surface area contributed by atoms with E-state index in [4.69, 9.17) is 5.11 Å². The number of carboxylic acids is 1. The number of hydrazine groups is 1. The number of aliphatic carboxylic acids is 1. The van der Waals surface area contributed by atoms with Gasteiger partial charge in [0.2, 0.25) is 5.91 Å². The van der Waals surface area contributed by atoms with Crippen LogP contribution in [-0.4, -0.2) is 42.1 Å². The van der Waals surface area contributed by atoms with Crippen molar-refractivity contribution in [3.8, 4) is 0 Å². The molecule has 0 aromatic heterocycles. The molecule has 0 saturated carbocycles. The molecule has 0 unspecified atom stereocenters. The van der Waals surface area contributed by atoms with Crippen LogP contribution in [0.25, 0.3) is 0 Å². The van der Waals surface area contributed by atoms with E-state index < -0.39 is 23.3 Å². The highest BCUT2D eigenvalue weighted by molar-refractivity contribution is 5.96. The standard InChI is InChI=1S/C9H17N3O4/c1-9(2,7(14)15)5-6(13)10-8(16)11-12(3)4/h5H2,1-4H3,(H,14,15)(H2,10,11,13,16). The molecule has 3 N–H and O–H groups in total. The lowest BCUT2D eigenvalue weighted by Gasteiger charge is -2.18. The Kier molecular flexibility index (Phi) is 4.90. The average molecular weight is 231 g/mol. The molecule has 0 aliphatic rings. The van der Waals surface area contributed by atoms with E-state index in [1.54, 1.807) is 14.1 Å². The molecule has 0 spiro atoms. The minimum Gasteiger partial charge on any atom is -0.481 e. The number of nitrogens with one attached hydrogen (secondary N) is 2. The van der Waals surface area contributed by atoms with Crippen LogP contribution in [0.2, 0.25) is 0 Å². The van der Waals surface area contributed by atoms with E-state index in [0.717, 1.165) is 0 Å². The van der Waals surface area contributed by atoms with Crippen molar-refractivity contribution in [1.29, 1.82) is 0 Å². The van der Waals surface area contributed by atoms with Crippen LogP contribution in [0.4, 0.5) is 4.79 Å². The molecule has 0 aromatic carbocycles. The van der Waals surface area contributed by atoms with Gasteiger partial charge in [-0.15, -0.1) is 0 Å². The van der Waals surface area contributed by atoms with E-state index in [9.17, 15) is 14.4 Å². The third kappa shape index (κ3) is 5.30. The maximum atomic E-state index is 11.3. The van der Waals surface area contributed by atoms with Crippen molar-refractivity contribution in [2.24, 2.45) is 5.41 Å². The lowest BCUT2D eigenvalue weighted by Crippen LogP contribution is -2.46. The first-order valence-electron chi connectivity index (χ1n) is 4.66. The molecule has 0 bridgehead atoms. The summed E-state index contributed by atoms with van der Waals surface area (Å²) in [5.74, 6) is -1.72. The molecular formula is C9H17N3O4. The number of imide groups is 1. The Bertz CT molecular complexity index is 299. The molecular weight excluding hydrogens is 214 g/mol. The number of urea groups is 1. The van der Waals surface area contributed by atoms with E-state index in [1.807, 2.05) is 5.32 Å². The Morgan fingerprint density at radius 2 is 1.75 bits per heavy atom. The summed E-state index contributed by atoms with van der Waals surface area (Å²) >= 11 is 0. The fourth-order valence-corrected chi connectivity index (χ4v) is 0.879. The van der Waals surface area contributed by atoms with Gasteiger partial charge in [0.05, 0.1) is 5.41 Å². The highest BCUT2D eigenvalue weighted by Gasteiger charge is 2.30. The van der Waals surface area contributed by atoms with Crippen LogP contribution >= 0.6 is 0 Å². The summed E-state index contributed by atoms with van der Waals surface area (Å²) in [7, 11) is 3.18. The predicted octanol–water partition coefficient (Wildman–Crippen LogP) is -0.210. The van der Waals surface area contributed by atoms with Crippen LogP contribution < -0.4 is 10.7 Å². The van der Waals surface area contributed by atoms with Crippen molar-refractivity contribution >= 4 is 17.9 Å². The number of hydrogen-bond acceptors (Lipinski definition) is 4. The minimum absolute atomic E-state index is 0.261. The molecule has 0 radical (unpaired) electrons. The summed E-state index contributed by atoms with van der Waals surface area (Å²) in [6, 6.07) is -0.684. The summed E-state index contributed by atoms with van der Waals surface area (Å²) < 4.78 is 0. The average Bonchev–Trinajstić information content (AvgIpc) is 1.99. The Morgan fingerprint density at radius 3 is 2.12 bits per heavy atom. The van der Waals surface area contributed by atoms with E-state index in [-0.39, 0.29) is 6.42 Å². The van der Waals surface area contributed by atoms with Crippen LogP contribution in [0.1, 0.15) is 20.3 Å². The molecule has 0 rings (SSSR count). The van der Waals surface area contributed by atoms with Crippen LogP contribution in [0.15, 0.2) is 0 Å². The van der Waals surface area contributed by atoms with Gasteiger partial charge in [0.25, 0.3) is 0 Å². The fourth-order valence-electron chi connectivity index (χ4n) is 0.879. The molecule has 0 fully saturated rings. The zero-order valence-electron chi connectivity index (χ0n) is 9.83. The molecule has 0 aromatic rings. The molecule has 0 aliphatic carbocycles. The zero-order valence-corrected chi connectivity index (χ0v) is 9.83. The molecule has 3 amide bonds. The van der Waals surface area contributed by atoms with Gasteiger partial charge in [-0.1, -0.05) is 0 Å². The summed E-state index contributed by atoms with van der Waals surface area (Å²) in [4.78, 5) is 33.1. The van der Waals surface area contributed by atoms with Gasteiger partial charge in [-0.25, -0.2) is 9.80 Å². The Morgan fingerprint density at radius 1 is 1.25 bits per heavy atom. The van der Waals surface area contributed by atoms with Crippen molar-refractivity contribution in [3.05, 3.63) is 0 Å². The lowest BCUT2D eigenvalue weighted by molar-refractivity contribution is -0.149. The minimum atomic E-state index is -1.19. The maximum Gasteiger partial charge on any atom is 0.335 e. The molecule has 0 saturated heterocycles. The monoisotopic (exact) mass is 231 g/mol. The third-order valence-corrected chi connectivity index (χ3v) is 1.76. The molecule has 0 atom stereocenters. The summed E-state index contributed by atoms with van der Waals surface area (Å²) in [5, 5.41) is 12.2. The van der Waals surface area contributed by atoms with Crippen molar-refractivity contribution in [1.82, 2.24) is 15.8 Å². The van der Waals surface area contributed by atoms with Crippen LogP contribution in [0, 0.1) is 5.41 Å². The second-order valence-electron chi connectivity index (χ2n) is 4.25. The Labute approximate surface area is 93.8 Å². The predicted molar refractivity (Wildman–Crippen MR) is 56.4 cm³/mol. The normalized spacial score (nSPS) is 11.1. The SMILES string of the molecule is CN(C)NC(=O)NC(=O)CC(C)(C)C(=O)O. The number of hydrogen-bond donors (Lipinski definition) is 3. The van der Waals surface area contributed by atoms with Crippen LogP contribution in [0.5, 0.6) is 0 Å². The molecule has 16 heavy (non-hydrogen) atoms. The van der Waals surface area contributed by atoms with Gasteiger partial charge in [-0.2, -0.15) is 0 Å². The van der Waals surface area contributed by atoms with E-state index in [0.29, 0.717) is 0 Å². The Balaban J connectivity index is 4.19. The zero-order chi connectivity index (χ0) is 12.9. The quantitative estimate of drug-likeness (QED) is 0.581. The molecule has 0 heterocycles. The largest absolute Gasteiger partial charge is 0.481 e. The van der Waals surface area contributed by atoms with Gasteiger partial charge in [0.1, 0.15) is 0 Å². The van der Waals surface area contributed by atoms with Gasteiger partial charge in [-0.3, -0.25) is 20.3 Å². The van der Waals surface area contributed by atoms with Gasteiger partial charge in [0, 0.05) is 20.5 Å². The maximum absolute atomic E-state index is 11.3. The first-order valence-corrected chi connectivity index (χ1v) is 4.66. The number of carboxylic acid groups (broad SMARTS) is 1. The van der Waals surface area contributed by atoms with Crippen molar-refractivity contribution in [2.45, 2.75) is 20.3 Å². The first kappa shape index (κ1) is 14.4. The molecule has 7 nitrogen and oxygen atoms in total. The van der Waals surface area contributed by atoms with Crippen LogP contribution in [-0.2, 0) is 9.59 Å².